The molecule has 0 saturated carbocycles. The number of nitro groups is 1. The minimum Gasteiger partial charge on any atom is -0.354 e. The molecule has 0 bridgehead atoms. The van der Waals surface area contributed by atoms with E-state index in [1.165, 1.54) is 42.5 Å². The third-order valence-corrected chi connectivity index (χ3v) is 13.4. The number of carbonyl (C=O) groups excluding carboxylic acids is 1. The first kappa shape index (κ1) is 47.9. The maximum atomic E-state index is 13.5. The second kappa shape index (κ2) is 18.5. The van der Waals surface area contributed by atoms with Crippen molar-refractivity contribution in [3.05, 3.63) is 180 Å². The quantitative estimate of drug-likeness (QED) is 0.0228. The summed E-state index contributed by atoms with van der Waals surface area (Å²) in [6, 6.07) is 26.4. The van der Waals surface area contributed by atoms with Crippen molar-refractivity contribution in [2.75, 3.05) is 16.0 Å². The molecule has 5 N–H and O–H groups in total. The molecule has 0 atom stereocenters. The molecule has 15 heteroatoms. The Hall–Kier alpha value is -6.52. The van der Waals surface area contributed by atoms with Gasteiger partial charge in [0.2, 0.25) is 0 Å². The Bertz CT molecular complexity index is 3070. The van der Waals surface area contributed by atoms with Gasteiger partial charge in [-0.05, 0) is 142 Å². The Kier molecular flexibility index (Phi) is 13.7. The Morgan fingerprint density at radius 1 is 0.631 bits per heavy atom. The molecule has 0 aliphatic carbocycles. The van der Waals surface area contributed by atoms with Gasteiger partial charge in [-0.3, -0.25) is 24.0 Å². The minimum atomic E-state index is -4.97. The molecule has 65 heavy (non-hydrogen) atoms. The van der Waals surface area contributed by atoms with Gasteiger partial charge < -0.3 is 16.0 Å². The lowest BCUT2D eigenvalue weighted by molar-refractivity contribution is -0.384. The van der Waals surface area contributed by atoms with Gasteiger partial charge in [0.1, 0.15) is 9.79 Å². The first-order chi connectivity index (χ1) is 30.3. The molecule has 0 aliphatic heterocycles. The summed E-state index contributed by atoms with van der Waals surface area (Å²) in [5, 5.41) is 20.9. The van der Waals surface area contributed by atoms with E-state index in [1.54, 1.807) is 19.9 Å². The molecular weight excluding hydrogens is 865 g/mol. The van der Waals surface area contributed by atoms with Gasteiger partial charge in [-0.25, -0.2) is 0 Å². The van der Waals surface area contributed by atoms with Crippen LogP contribution in [0.5, 0.6) is 0 Å². The average Bonchev–Trinajstić information content (AvgIpc) is 3.20. The van der Waals surface area contributed by atoms with E-state index in [-0.39, 0.29) is 39.2 Å². The van der Waals surface area contributed by atoms with Crippen LogP contribution in [0.15, 0.2) is 107 Å². The van der Waals surface area contributed by atoms with E-state index in [1.807, 2.05) is 77.9 Å². The van der Waals surface area contributed by atoms with Crippen LogP contribution in [0.1, 0.15) is 111 Å². The fourth-order valence-corrected chi connectivity index (χ4v) is 10.1. The summed E-state index contributed by atoms with van der Waals surface area (Å²) in [5.41, 5.74) is 10.8. The molecule has 0 fully saturated rings. The van der Waals surface area contributed by atoms with Gasteiger partial charge in [-0.2, -0.15) is 16.8 Å². The average molecular weight is 918 g/mol. The lowest BCUT2D eigenvalue weighted by atomic mass is 9.81. The normalized spacial score (nSPS) is 11.8. The summed E-state index contributed by atoms with van der Waals surface area (Å²) in [6.07, 6.45) is 0. The highest BCUT2D eigenvalue weighted by Crippen LogP contribution is 2.42. The Balaban J connectivity index is 1.54. The van der Waals surface area contributed by atoms with Crippen LogP contribution in [0.25, 0.3) is 0 Å². The van der Waals surface area contributed by atoms with Crippen molar-refractivity contribution in [2.24, 2.45) is 0 Å². The predicted molar refractivity (Wildman–Crippen MR) is 257 cm³/mol. The summed E-state index contributed by atoms with van der Waals surface area (Å²) in [6.45, 7) is 19.3. The van der Waals surface area contributed by atoms with Crippen molar-refractivity contribution in [2.45, 2.75) is 90.9 Å². The van der Waals surface area contributed by atoms with Crippen LogP contribution in [-0.4, -0.2) is 36.8 Å². The number of amides is 1. The lowest BCUT2D eigenvalue weighted by Gasteiger charge is -2.23. The summed E-state index contributed by atoms with van der Waals surface area (Å²) in [7, 11) is -9.51. The van der Waals surface area contributed by atoms with Crippen LogP contribution in [-0.2, 0) is 20.2 Å². The van der Waals surface area contributed by atoms with E-state index < -0.39 is 36.0 Å². The topological polar surface area (TPSA) is 205 Å². The van der Waals surface area contributed by atoms with Gasteiger partial charge in [-0.15, -0.1) is 0 Å². The Morgan fingerprint density at radius 2 is 1.14 bits per heavy atom. The molecule has 0 saturated heterocycles. The summed E-state index contributed by atoms with van der Waals surface area (Å²) in [5.74, 6) is -0.335. The van der Waals surface area contributed by atoms with E-state index in [2.05, 4.69) is 41.9 Å². The van der Waals surface area contributed by atoms with Crippen LogP contribution in [0, 0.1) is 57.6 Å². The second-order valence-corrected chi connectivity index (χ2v) is 19.8. The van der Waals surface area contributed by atoms with Gasteiger partial charge in [-0.1, -0.05) is 51.5 Å². The molecule has 6 aromatic carbocycles. The number of benzene rings is 6. The van der Waals surface area contributed by atoms with Gasteiger partial charge in [0.25, 0.3) is 21.7 Å². The monoisotopic (exact) mass is 917 g/mol. The van der Waals surface area contributed by atoms with E-state index >= 15 is 0 Å². The highest BCUT2D eigenvalue weighted by molar-refractivity contribution is 7.86. The molecule has 6 aromatic rings. The lowest BCUT2D eigenvalue weighted by Crippen LogP contribution is -2.15. The number of aryl methyl sites for hydroxylation is 5. The molecule has 0 spiro atoms. The number of hydrogen-bond acceptors (Lipinski definition) is 9. The van der Waals surface area contributed by atoms with Crippen LogP contribution >= 0.6 is 0 Å². The van der Waals surface area contributed by atoms with Gasteiger partial charge in [0.05, 0.1) is 44.6 Å². The first-order valence-electron chi connectivity index (χ1n) is 20.9. The van der Waals surface area contributed by atoms with Crippen LogP contribution in [0.3, 0.4) is 0 Å². The highest BCUT2D eigenvalue weighted by atomic mass is 32.2. The maximum Gasteiger partial charge on any atom is 0.315 e. The third kappa shape index (κ3) is 10.4. The zero-order valence-corrected chi connectivity index (χ0v) is 39.5. The maximum absolute atomic E-state index is 13.5. The second-order valence-electron chi connectivity index (χ2n) is 17.1. The minimum absolute atomic E-state index is 0.00534. The van der Waals surface area contributed by atoms with Crippen LogP contribution < -0.4 is 16.0 Å². The molecule has 0 aromatic heterocycles. The number of carbonyl (C=O) groups is 1. The summed E-state index contributed by atoms with van der Waals surface area (Å²) >= 11 is 0. The highest BCUT2D eigenvalue weighted by Gasteiger charge is 2.33. The largest absolute Gasteiger partial charge is 0.354 e. The number of nitrogens with zero attached hydrogens (tertiary/aromatic N) is 1. The van der Waals surface area contributed by atoms with Gasteiger partial charge in [0.15, 0.2) is 0 Å². The molecule has 0 heterocycles. The summed E-state index contributed by atoms with van der Waals surface area (Å²) < 4.78 is 72.9. The predicted octanol–water partition coefficient (Wildman–Crippen LogP) is 11.9. The molecule has 0 unspecified atom stereocenters. The first-order valence-corrected chi connectivity index (χ1v) is 23.8. The third-order valence-electron chi connectivity index (χ3n) is 11.4. The fourth-order valence-electron chi connectivity index (χ4n) is 8.46. The Morgan fingerprint density at radius 3 is 1.62 bits per heavy atom. The van der Waals surface area contributed by atoms with Crippen molar-refractivity contribution in [1.29, 1.82) is 0 Å². The molecule has 0 aliphatic rings. The van der Waals surface area contributed by atoms with E-state index in [0.29, 0.717) is 39.5 Å². The van der Waals surface area contributed by atoms with Crippen LogP contribution in [0.2, 0.25) is 0 Å². The van der Waals surface area contributed by atoms with E-state index in [4.69, 9.17) is 0 Å². The standard InChI is InChI=1S/C50H52N4O9S2/c1-27(2)41-24-36(13-19-43(41)52-47-30(6)21-29(5)22-31(47)7)46(40-18-15-38(26-45(40)64(58,59)60)51-50(55)35-11-16-39(17-12-35)54(56)57)37-14-20-44(42(25-37)28(3)4)53-48-32(8)23-33(9)49(34(48)10)65(61,62)63/h11-28,52-53H,1-10H3,(H2-,51,55,58,59,60,61,62,63)/p+1. The zero-order valence-electron chi connectivity index (χ0n) is 37.9. The van der Waals surface area contributed by atoms with Crippen molar-refractivity contribution in [3.8, 4) is 0 Å². The van der Waals surface area contributed by atoms with Crippen molar-refractivity contribution >= 4 is 60.3 Å². The summed E-state index contributed by atoms with van der Waals surface area (Å²) in [4.78, 5) is 23.2. The number of nitrogens with one attached hydrogen (secondary N) is 3. The number of non-ortho nitro benzene ring substituents is 1. The zero-order chi connectivity index (χ0) is 47.9. The number of hydrogen-bond donors (Lipinski definition) is 5. The fraction of sp³-hybridized carbons (Fsp3) is 0.240. The molecule has 13 nitrogen and oxygen atoms in total. The Labute approximate surface area is 381 Å². The molecule has 0 radical (unpaired) electrons. The van der Waals surface area contributed by atoms with Crippen LogP contribution in [0.4, 0.5) is 34.1 Å². The van der Waals surface area contributed by atoms with E-state index in [0.717, 1.165) is 44.8 Å². The molecule has 1 amide bonds. The SMILES string of the molecule is Cc1cc(C)c(Nc2ccc([C+](c3ccc(Nc4c(C)cc(C)c(S(=O)(=O)O)c4C)c(C(C)C)c3)c3ccc(NC(=O)c4ccc([N+](=O)[O-])cc4)cc3S(=O)(=O)O)cc2C(C)C)c(C)c1. The number of anilines is 5. The number of rotatable bonds is 14. The van der Waals surface area contributed by atoms with Crippen molar-refractivity contribution in [3.63, 3.8) is 0 Å². The van der Waals surface area contributed by atoms with Crippen molar-refractivity contribution in [1.82, 2.24) is 0 Å². The molecule has 6 rings (SSSR count). The van der Waals surface area contributed by atoms with Crippen molar-refractivity contribution < 1.29 is 35.7 Å². The molecule has 338 valence electrons. The van der Waals surface area contributed by atoms with Gasteiger partial charge in [0, 0.05) is 46.3 Å². The molecular formula is C50H53N4O9S2+. The smallest absolute Gasteiger partial charge is 0.315 e. The number of nitro benzene ring substituents is 1. The van der Waals surface area contributed by atoms with Gasteiger partial charge >= 0.3 is 10.1 Å². The van der Waals surface area contributed by atoms with E-state index in [9.17, 15) is 40.8 Å².